The minimum atomic E-state index is -0.0901. The second-order valence-electron chi connectivity index (χ2n) is 5.83. The van der Waals surface area contributed by atoms with Crippen molar-refractivity contribution >= 4 is 16.9 Å². The number of nitrogens with zero attached hydrogens (tertiary/aromatic N) is 2. The van der Waals surface area contributed by atoms with E-state index in [0.717, 1.165) is 30.5 Å². The molecule has 21 heavy (non-hydrogen) atoms. The molecule has 2 heterocycles. The molecule has 2 aromatic rings. The van der Waals surface area contributed by atoms with E-state index in [4.69, 9.17) is 4.74 Å². The van der Waals surface area contributed by atoms with Crippen LogP contribution in [0.15, 0.2) is 36.5 Å². The average molecular weight is 284 g/mol. The molecular formula is C17H20N2O2. The molecule has 1 aromatic carbocycles. The van der Waals surface area contributed by atoms with Gasteiger partial charge in [0.1, 0.15) is 0 Å². The van der Waals surface area contributed by atoms with Gasteiger partial charge in [0.15, 0.2) is 0 Å². The lowest BCUT2D eigenvalue weighted by Gasteiger charge is -2.15. The van der Waals surface area contributed by atoms with E-state index >= 15 is 0 Å². The van der Waals surface area contributed by atoms with Crippen molar-refractivity contribution in [2.75, 3.05) is 20.2 Å². The fourth-order valence-corrected chi connectivity index (χ4v) is 3.14. The number of carbonyl (C=O) groups excluding carboxylic acids is 1. The minimum Gasteiger partial charge on any atom is -0.469 e. The summed E-state index contributed by atoms with van der Waals surface area (Å²) in [7, 11) is 1.47. The van der Waals surface area contributed by atoms with E-state index in [1.807, 2.05) is 12.3 Å². The maximum atomic E-state index is 11.7. The highest BCUT2D eigenvalue weighted by molar-refractivity contribution is 5.78. The smallest absolute Gasteiger partial charge is 0.310 e. The molecule has 3 rings (SSSR count). The number of likely N-dealkylation sites (tertiary alicyclic amines) is 1. The highest BCUT2D eigenvalue weighted by atomic mass is 16.5. The third-order valence-electron chi connectivity index (χ3n) is 4.27. The van der Waals surface area contributed by atoms with E-state index in [2.05, 4.69) is 41.1 Å². The van der Waals surface area contributed by atoms with Crippen molar-refractivity contribution in [1.29, 1.82) is 0 Å². The summed E-state index contributed by atoms with van der Waals surface area (Å²) in [4.78, 5) is 18.4. The molecule has 110 valence electrons. The second kappa shape index (κ2) is 5.82. The summed E-state index contributed by atoms with van der Waals surface area (Å²) < 4.78 is 4.89. The van der Waals surface area contributed by atoms with Gasteiger partial charge in [-0.1, -0.05) is 19.1 Å². The topological polar surface area (TPSA) is 42.4 Å². The van der Waals surface area contributed by atoms with Gasteiger partial charge in [-0.25, -0.2) is 0 Å². The summed E-state index contributed by atoms with van der Waals surface area (Å²) in [6.07, 6.45) is 1.81. The Morgan fingerprint density at radius 3 is 3.05 bits per heavy atom. The molecule has 1 aliphatic heterocycles. The van der Waals surface area contributed by atoms with E-state index in [9.17, 15) is 4.79 Å². The Labute approximate surface area is 124 Å². The van der Waals surface area contributed by atoms with Crippen molar-refractivity contribution < 1.29 is 9.53 Å². The summed E-state index contributed by atoms with van der Waals surface area (Å²) in [5.41, 5.74) is 2.27. The van der Waals surface area contributed by atoms with Crippen LogP contribution in [0.5, 0.6) is 0 Å². The Balaban J connectivity index is 1.72. The Hall–Kier alpha value is -1.94. The molecule has 0 aliphatic carbocycles. The van der Waals surface area contributed by atoms with E-state index in [-0.39, 0.29) is 11.9 Å². The summed E-state index contributed by atoms with van der Waals surface area (Å²) in [6, 6.07) is 10.4. The number of benzene rings is 1. The van der Waals surface area contributed by atoms with Gasteiger partial charge in [-0.05, 0) is 29.7 Å². The summed E-state index contributed by atoms with van der Waals surface area (Å²) >= 11 is 0. The molecule has 0 spiro atoms. The summed E-state index contributed by atoms with van der Waals surface area (Å²) in [5, 5.41) is 1.16. The third kappa shape index (κ3) is 2.90. The number of hydrogen-bond acceptors (Lipinski definition) is 4. The quantitative estimate of drug-likeness (QED) is 0.812. The first kappa shape index (κ1) is 14.0. The first-order valence-electron chi connectivity index (χ1n) is 7.31. The maximum Gasteiger partial charge on any atom is 0.310 e. The third-order valence-corrected chi connectivity index (χ3v) is 4.27. The molecule has 0 amide bonds. The molecular weight excluding hydrogens is 264 g/mol. The predicted molar refractivity (Wildman–Crippen MR) is 81.7 cm³/mol. The molecule has 1 aliphatic rings. The van der Waals surface area contributed by atoms with Crippen LogP contribution >= 0.6 is 0 Å². The van der Waals surface area contributed by atoms with Crippen molar-refractivity contribution in [2.24, 2.45) is 11.8 Å². The number of aromatic nitrogens is 1. The van der Waals surface area contributed by atoms with Crippen molar-refractivity contribution in [2.45, 2.75) is 13.5 Å². The first-order valence-corrected chi connectivity index (χ1v) is 7.31. The van der Waals surface area contributed by atoms with Crippen LogP contribution in [0.2, 0.25) is 0 Å². The minimum absolute atomic E-state index is 0.00266. The molecule has 4 nitrogen and oxygen atoms in total. The zero-order valence-electron chi connectivity index (χ0n) is 12.5. The standard InChI is InChI=1S/C17H20N2O2/c1-12-9-19(11-15(12)17(20)21-2)10-13-5-6-16-14(8-13)4-3-7-18-16/h3-8,12,15H,9-11H2,1-2H3. The molecule has 1 fully saturated rings. The average Bonchev–Trinajstić information content (AvgIpc) is 2.87. The number of methoxy groups -OCH3 is 1. The van der Waals surface area contributed by atoms with Crippen LogP contribution in [-0.4, -0.2) is 36.1 Å². The van der Waals surface area contributed by atoms with Crippen molar-refractivity contribution in [3.8, 4) is 0 Å². The normalized spacial score (nSPS) is 22.6. The lowest BCUT2D eigenvalue weighted by Crippen LogP contribution is -2.24. The lowest BCUT2D eigenvalue weighted by atomic mass is 9.99. The SMILES string of the molecule is COC(=O)C1CN(Cc2ccc3ncccc3c2)CC1C. The molecule has 0 radical (unpaired) electrons. The van der Waals surface area contributed by atoms with Crippen molar-refractivity contribution in [3.05, 3.63) is 42.1 Å². The van der Waals surface area contributed by atoms with Gasteiger partial charge in [-0.15, -0.1) is 0 Å². The second-order valence-corrected chi connectivity index (χ2v) is 5.83. The number of carbonyl (C=O) groups is 1. The molecule has 0 N–H and O–H groups in total. The van der Waals surface area contributed by atoms with E-state index in [0.29, 0.717) is 5.92 Å². The van der Waals surface area contributed by atoms with Gasteiger partial charge in [0.2, 0.25) is 0 Å². The lowest BCUT2D eigenvalue weighted by molar-refractivity contribution is -0.146. The molecule has 1 saturated heterocycles. The van der Waals surface area contributed by atoms with Gasteiger partial charge in [0.25, 0.3) is 0 Å². The van der Waals surface area contributed by atoms with Gasteiger partial charge in [0, 0.05) is 31.2 Å². The van der Waals surface area contributed by atoms with Crippen LogP contribution in [0.4, 0.5) is 0 Å². The van der Waals surface area contributed by atoms with Crippen LogP contribution in [0, 0.1) is 11.8 Å². The van der Waals surface area contributed by atoms with Crippen molar-refractivity contribution in [1.82, 2.24) is 9.88 Å². The monoisotopic (exact) mass is 284 g/mol. The molecule has 2 atom stereocenters. The Morgan fingerprint density at radius 2 is 2.24 bits per heavy atom. The number of esters is 1. The van der Waals surface area contributed by atoms with Gasteiger partial charge >= 0.3 is 5.97 Å². The summed E-state index contributed by atoms with van der Waals surface area (Å²) in [6.45, 7) is 4.69. The van der Waals surface area contributed by atoms with Crippen LogP contribution in [-0.2, 0) is 16.1 Å². The van der Waals surface area contributed by atoms with Crippen LogP contribution in [0.1, 0.15) is 12.5 Å². The Morgan fingerprint density at radius 1 is 1.38 bits per heavy atom. The maximum absolute atomic E-state index is 11.7. The van der Waals surface area contributed by atoms with E-state index in [1.165, 1.54) is 12.7 Å². The van der Waals surface area contributed by atoms with E-state index < -0.39 is 0 Å². The summed E-state index contributed by atoms with van der Waals surface area (Å²) in [5.74, 6) is 0.254. The van der Waals surface area contributed by atoms with Crippen LogP contribution in [0.25, 0.3) is 10.9 Å². The largest absolute Gasteiger partial charge is 0.469 e. The number of hydrogen-bond donors (Lipinski definition) is 0. The first-order chi connectivity index (χ1) is 10.2. The van der Waals surface area contributed by atoms with Gasteiger partial charge in [-0.2, -0.15) is 0 Å². The Kier molecular flexibility index (Phi) is 3.88. The van der Waals surface area contributed by atoms with Gasteiger partial charge < -0.3 is 4.74 Å². The fraction of sp³-hybridized carbons (Fsp3) is 0.412. The fourth-order valence-electron chi connectivity index (χ4n) is 3.14. The zero-order valence-corrected chi connectivity index (χ0v) is 12.5. The van der Waals surface area contributed by atoms with E-state index in [1.54, 1.807) is 0 Å². The van der Waals surface area contributed by atoms with Crippen LogP contribution in [0.3, 0.4) is 0 Å². The van der Waals surface area contributed by atoms with Gasteiger partial charge in [0.05, 0.1) is 18.5 Å². The molecule has 0 saturated carbocycles. The highest BCUT2D eigenvalue weighted by Gasteiger charge is 2.35. The number of fused-ring (bicyclic) bond motifs is 1. The van der Waals surface area contributed by atoms with Gasteiger partial charge in [-0.3, -0.25) is 14.7 Å². The Bertz CT molecular complexity index is 656. The molecule has 0 bridgehead atoms. The van der Waals surface area contributed by atoms with Crippen LogP contribution < -0.4 is 0 Å². The number of rotatable bonds is 3. The van der Waals surface area contributed by atoms with Crippen molar-refractivity contribution in [3.63, 3.8) is 0 Å². The molecule has 1 aromatic heterocycles. The zero-order chi connectivity index (χ0) is 14.8. The highest BCUT2D eigenvalue weighted by Crippen LogP contribution is 2.26. The predicted octanol–water partition coefficient (Wildman–Crippen LogP) is 2.48. The molecule has 2 unspecified atom stereocenters. The number of ether oxygens (including phenoxy) is 1. The molecule has 4 heteroatoms. The number of pyridine rings is 1.